The second kappa shape index (κ2) is 12.2. The molecule has 1 heterocycles. The van der Waals surface area contributed by atoms with Gasteiger partial charge in [0.1, 0.15) is 5.82 Å². The van der Waals surface area contributed by atoms with Crippen LogP contribution in [0.25, 0.3) is 5.69 Å². The topological polar surface area (TPSA) is 59.8 Å². The molecule has 0 amide bonds. The monoisotopic (exact) mass is 487 g/mol. The van der Waals surface area contributed by atoms with Crippen LogP contribution in [0.2, 0.25) is 0 Å². The van der Waals surface area contributed by atoms with Crippen LogP contribution in [0.3, 0.4) is 0 Å². The Bertz CT molecular complexity index is 1090. The van der Waals surface area contributed by atoms with Crippen LogP contribution in [-0.2, 0) is 11.3 Å². The second-order valence-electron chi connectivity index (χ2n) is 9.42. The molecule has 0 unspecified atom stereocenters. The summed E-state index contributed by atoms with van der Waals surface area (Å²) >= 11 is 0. The molecule has 0 aliphatic rings. The van der Waals surface area contributed by atoms with Gasteiger partial charge in [-0.15, -0.1) is 0 Å². The van der Waals surface area contributed by atoms with Gasteiger partial charge in [-0.1, -0.05) is 32.0 Å². The average molecular weight is 488 g/mol. The fourth-order valence-electron chi connectivity index (χ4n) is 3.83. The molecule has 3 rings (SSSR count). The van der Waals surface area contributed by atoms with Gasteiger partial charge in [-0.25, -0.2) is 13.5 Å². The standard InChI is InChI=1S/C27H35F2N3O3/c1-18(2)14-31(15-23(33)17-34-19(3)4)16-24-20(5)30-32(22-9-7-6-8-10-22)27(24)35-26-12-11-21(28)13-25(26)29/h6-13,18-19,23,33H,14-17H2,1-5H3/t23-/m1/s1. The van der Waals surface area contributed by atoms with Gasteiger partial charge in [0.05, 0.1) is 35.8 Å². The predicted octanol–water partition coefficient (Wildman–Crippen LogP) is 5.50. The highest BCUT2D eigenvalue weighted by Crippen LogP contribution is 2.33. The molecule has 0 saturated carbocycles. The zero-order valence-electron chi connectivity index (χ0n) is 21.0. The number of aryl methyl sites for hydroxylation is 1. The lowest BCUT2D eigenvalue weighted by Gasteiger charge is -2.27. The Hall–Kier alpha value is -2.81. The molecule has 0 aliphatic carbocycles. The Morgan fingerprint density at radius 3 is 2.37 bits per heavy atom. The van der Waals surface area contributed by atoms with Gasteiger partial charge in [-0.05, 0) is 51.0 Å². The molecule has 0 saturated heterocycles. The van der Waals surface area contributed by atoms with Crippen molar-refractivity contribution in [3.05, 3.63) is 71.4 Å². The minimum atomic E-state index is -0.797. The van der Waals surface area contributed by atoms with Crippen molar-refractivity contribution < 1.29 is 23.4 Å². The first kappa shape index (κ1) is 26.8. The second-order valence-corrected chi connectivity index (χ2v) is 9.42. The molecular formula is C27H35F2N3O3. The summed E-state index contributed by atoms with van der Waals surface area (Å²) in [7, 11) is 0. The van der Waals surface area contributed by atoms with E-state index in [0.717, 1.165) is 29.9 Å². The molecule has 1 atom stereocenters. The summed E-state index contributed by atoms with van der Waals surface area (Å²) < 4.78 is 41.2. The van der Waals surface area contributed by atoms with Gasteiger partial charge in [0.2, 0.25) is 5.88 Å². The lowest BCUT2D eigenvalue weighted by molar-refractivity contribution is -0.0109. The minimum Gasteiger partial charge on any atom is -0.435 e. The molecule has 8 heteroatoms. The summed E-state index contributed by atoms with van der Waals surface area (Å²) in [6, 6.07) is 12.6. The van der Waals surface area contributed by atoms with Crippen LogP contribution < -0.4 is 4.74 Å². The van der Waals surface area contributed by atoms with Gasteiger partial charge in [0, 0.05) is 25.7 Å². The first-order chi connectivity index (χ1) is 16.6. The molecular weight excluding hydrogens is 452 g/mol. The fraction of sp³-hybridized carbons (Fsp3) is 0.444. The van der Waals surface area contributed by atoms with E-state index in [-0.39, 0.29) is 18.5 Å². The van der Waals surface area contributed by atoms with E-state index in [2.05, 4.69) is 23.8 Å². The van der Waals surface area contributed by atoms with E-state index < -0.39 is 17.7 Å². The van der Waals surface area contributed by atoms with Crippen molar-refractivity contribution in [3.63, 3.8) is 0 Å². The van der Waals surface area contributed by atoms with Crippen LogP contribution in [0, 0.1) is 24.5 Å². The highest BCUT2D eigenvalue weighted by Gasteiger charge is 2.24. The third kappa shape index (κ3) is 7.59. The molecule has 0 fully saturated rings. The summed E-state index contributed by atoms with van der Waals surface area (Å²) in [4.78, 5) is 2.12. The lowest BCUT2D eigenvalue weighted by atomic mass is 10.1. The normalized spacial score (nSPS) is 12.7. The summed E-state index contributed by atoms with van der Waals surface area (Å²) in [5, 5.41) is 15.3. The summed E-state index contributed by atoms with van der Waals surface area (Å²) in [5.41, 5.74) is 2.23. The third-order valence-electron chi connectivity index (χ3n) is 5.33. The Morgan fingerprint density at radius 1 is 1.03 bits per heavy atom. The molecule has 6 nitrogen and oxygen atoms in total. The van der Waals surface area contributed by atoms with E-state index in [1.54, 1.807) is 4.68 Å². The van der Waals surface area contributed by atoms with Gasteiger partial charge >= 0.3 is 0 Å². The smallest absolute Gasteiger partial charge is 0.227 e. The van der Waals surface area contributed by atoms with Crippen LogP contribution >= 0.6 is 0 Å². The Morgan fingerprint density at radius 2 is 1.74 bits per heavy atom. The number of para-hydroxylation sites is 1. The van der Waals surface area contributed by atoms with Crippen LogP contribution in [0.1, 0.15) is 39.0 Å². The lowest BCUT2D eigenvalue weighted by Crippen LogP contribution is -2.37. The maximum Gasteiger partial charge on any atom is 0.227 e. The van der Waals surface area contributed by atoms with E-state index in [4.69, 9.17) is 9.47 Å². The van der Waals surface area contributed by atoms with Crippen molar-refractivity contribution in [3.8, 4) is 17.3 Å². The van der Waals surface area contributed by atoms with Crippen molar-refractivity contribution in [2.45, 2.75) is 53.4 Å². The maximum atomic E-state index is 14.5. The van der Waals surface area contributed by atoms with Gasteiger partial charge in [-0.3, -0.25) is 4.90 Å². The van der Waals surface area contributed by atoms with Crippen LogP contribution in [0.5, 0.6) is 11.6 Å². The SMILES string of the molecule is Cc1nn(-c2ccccc2)c(Oc2ccc(F)cc2F)c1CN(CC(C)C)C[C@@H](O)COC(C)C. The molecule has 3 aromatic rings. The zero-order valence-corrected chi connectivity index (χ0v) is 21.0. The molecule has 1 aromatic heterocycles. The number of rotatable bonds is 12. The highest BCUT2D eigenvalue weighted by molar-refractivity contribution is 5.43. The van der Waals surface area contributed by atoms with Crippen molar-refractivity contribution in [1.82, 2.24) is 14.7 Å². The van der Waals surface area contributed by atoms with Crippen LogP contribution in [0.15, 0.2) is 48.5 Å². The van der Waals surface area contributed by atoms with Crippen molar-refractivity contribution >= 4 is 0 Å². The minimum absolute atomic E-state index is 0.0279. The van der Waals surface area contributed by atoms with E-state index in [1.165, 1.54) is 6.07 Å². The summed E-state index contributed by atoms with van der Waals surface area (Å²) in [5.74, 6) is -0.874. The first-order valence-corrected chi connectivity index (χ1v) is 11.9. The molecule has 0 aliphatic heterocycles. The Kier molecular flexibility index (Phi) is 9.37. The largest absolute Gasteiger partial charge is 0.435 e. The highest BCUT2D eigenvalue weighted by atomic mass is 19.1. The maximum absolute atomic E-state index is 14.5. The fourth-order valence-corrected chi connectivity index (χ4v) is 3.83. The number of hydrogen-bond donors (Lipinski definition) is 1. The number of ether oxygens (including phenoxy) is 2. The van der Waals surface area contributed by atoms with E-state index in [9.17, 15) is 13.9 Å². The average Bonchev–Trinajstić information content (AvgIpc) is 3.09. The number of benzene rings is 2. The van der Waals surface area contributed by atoms with Gasteiger partial charge in [0.25, 0.3) is 0 Å². The summed E-state index contributed by atoms with van der Waals surface area (Å²) in [6.45, 7) is 11.7. The number of aliphatic hydroxyl groups excluding tert-OH is 1. The quantitative estimate of drug-likeness (QED) is 0.366. The van der Waals surface area contributed by atoms with Gasteiger partial charge < -0.3 is 14.6 Å². The molecule has 2 aromatic carbocycles. The van der Waals surface area contributed by atoms with Crippen LogP contribution in [-0.4, -0.2) is 51.7 Å². The van der Waals surface area contributed by atoms with E-state index in [0.29, 0.717) is 30.6 Å². The van der Waals surface area contributed by atoms with Crippen molar-refractivity contribution in [2.75, 3.05) is 19.7 Å². The number of nitrogens with zero attached hydrogens (tertiary/aromatic N) is 3. The first-order valence-electron chi connectivity index (χ1n) is 11.9. The van der Waals surface area contributed by atoms with Crippen LogP contribution in [0.4, 0.5) is 8.78 Å². The molecule has 190 valence electrons. The van der Waals surface area contributed by atoms with E-state index in [1.807, 2.05) is 51.1 Å². The number of aromatic nitrogens is 2. The van der Waals surface area contributed by atoms with Gasteiger partial charge in [0.15, 0.2) is 11.6 Å². The molecule has 35 heavy (non-hydrogen) atoms. The van der Waals surface area contributed by atoms with Gasteiger partial charge in [-0.2, -0.15) is 5.10 Å². The predicted molar refractivity (Wildman–Crippen MR) is 132 cm³/mol. The number of aliphatic hydroxyl groups is 1. The summed E-state index contributed by atoms with van der Waals surface area (Å²) in [6.07, 6.45) is -0.639. The number of hydrogen-bond acceptors (Lipinski definition) is 5. The van der Waals surface area contributed by atoms with E-state index >= 15 is 0 Å². The van der Waals surface area contributed by atoms with Crippen molar-refractivity contribution in [2.24, 2.45) is 5.92 Å². The molecule has 0 radical (unpaired) electrons. The molecule has 0 bridgehead atoms. The zero-order chi connectivity index (χ0) is 25.5. The third-order valence-corrected chi connectivity index (χ3v) is 5.33. The molecule has 1 N–H and O–H groups in total. The Balaban J connectivity index is 1.97. The number of halogens is 2. The van der Waals surface area contributed by atoms with Crippen molar-refractivity contribution in [1.29, 1.82) is 0 Å². The Labute approximate surface area is 206 Å². The molecule has 0 spiro atoms.